The minimum absolute atomic E-state index is 0.0397. The van der Waals surface area contributed by atoms with Gasteiger partial charge in [0.05, 0.1) is 25.8 Å². The summed E-state index contributed by atoms with van der Waals surface area (Å²) < 4.78 is 5.47. The van der Waals surface area contributed by atoms with E-state index in [2.05, 4.69) is 83.0 Å². The SMILES string of the molecule is C#CCNCc1ccc(CN(CCCN2CCOCC2)C(=O)N[C@@H](C)c2cccc3ccccc23)cc1. The minimum atomic E-state index is -0.107. The van der Waals surface area contributed by atoms with Crippen LogP contribution < -0.4 is 10.6 Å². The zero-order valence-electron chi connectivity index (χ0n) is 21.8. The summed E-state index contributed by atoms with van der Waals surface area (Å²) in [7, 11) is 0. The van der Waals surface area contributed by atoms with Crippen LogP contribution >= 0.6 is 0 Å². The summed E-state index contributed by atoms with van der Waals surface area (Å²) >= 11 is 0. The molecule has 2 N–H and O–H groups in total. The van der Waals surface area contributed by atoms with Crippen LogP contribution in [0.2, 0.25) is 0 Å². The number of carbonyl (C=O) groups excluding carboxylic acids is 1. The van der Waals surface area contributed by atoms with Crippen LogP contribution in [0.1, 0.15) is 36.1 Å². The molecule has 2 amide bonds. The van der Waals surface area contributed by atoms with Gasteiger partial charge in [0.1, 0.15) is 0 Å². The van der Waals surface area contributed by atoms with Crippen molar-refractivity contribution in [3.8, 4) is 12.3 Å². The summed E-state index contributed by atoms with van der Waals surface area (Å²) in [5.41, 5.74) is 3.41. The molecule has 194 valence electrons. The lowest BCUT2D eigenvalue weighted by Crippen LogP contribution is -2.43. The molecule has 37 heavy (non-hydrogen) atoms. The largest absolute Gasteiger partial charge is 0.379 e. The van der Waals surface area contributed by atoms with Crippen molar-refractivity contribution in [2.45, 2.75) is 32.5 Å². The fraction of sp³-hybridized carbons (Fsp3) is 0.387. The van der Waals surface area contributed by atoms with Crippen LogP contribution in [0, 0.1) is 12.3 Å². The van der Waals surface area contributed by atoms with E-state index in [9.17, 15) is 4.79 Å². The molecule has 3 aromatic rings. The number of terminal acetylenes is 1. The molecule has 1 fully saturated rings. The van der Waals surface area contributed by atoms with E-state index in [0.29, 0.717) is 19.6 Å². The fourth-order valence-electron chi connectivity index (χ4n) is 4.81. The molecule has 1 atom stereocenters. The standard InChI is InChI=1S/C31H38N4O2/c1-3-16-32-23-26-12-14-27(15-13-26)24-35(18-7-17-34-19-21-37-22-20-34)31(36)33-25(2)29-11-6-9-28-8-4-5-10-30(28)29/h1,4-6,8-15,25,32H,7,16-24H2,2H3,(H,33,36)/t25-/m0/s1. The Morgan fingerprint density at radius 2 is 1.78 bits per heavy atom. The van der Waals surface area contributed by atoms with Gasteiger partial charge in [-0.2, -0.15) is 0 Å². The molecular formula is C31H38N4O2. The van der Waals surface area contributed by atoms with Crippen LogP contribution in [0.4, 0.5) is 4.79 Å². The number of urea groups is 1. The Balaban J connectivity index is 1.42. The molecule has 0 aromatic heterocycles. The van der Waals surface area contributed by atoms with Gasteiger partial charge in [0.2, 0.25) is 0 Å². The lowest BCUT2D eigenvalue weighted by Gasteiger charge is -2.29. The van der Waals surface area contributed by atoms with Crippen LogP contribution in [-0.4, -0.2) is 61.8 Å². The van der Waals surface area contributed by atoms with Crippen LogP contribution in [0.5, 0.6) is 0 Å². The maximum Gasteiger partial charge on any atom is 0.318 e. The Kier molecular flexibility index (Phi) is 9.96. The van der Waals surface area contributed by atoms with Crippen molar-refractivity contribution in [1.82, 2.24) is 20.4 Å². The summed E-state index contributed by atoms with van der Waals surface area (Å²) in [4.78, 5) is 17.9. The number of nitrogens with one attached hydrogen (secondary N) is 2. The highest BCUT2D eigenvalue weighted by Crippen LogP contribution is 2.24. The van der Waals surface area contributed by atoms with Crippen LogP contribution in [0.25, 0.3) is 10.8 Å². The quantitative estimate of drug-likeness (QED) is 0.301. The number of hydrogen-bond acceptors (Lipinski definition) is 4. The number of ether oxygens (including phenoxy) is 1. The minimum Gasteiger partial charge on any atom is -0.379 e. The number of carbonyl (C=O) groups is 1. The van der Waals surface area contributed by atoms with E-state index in [-0.39, 0.29) is 12.1 Å². The molecule has 6 heteroatoms. The Labute approximate surface area is 221 Å². The maximum absolute atomic E-state index is 13.5. The Hall–Kier alpha value is -3.37. The molecule has 1 aliphatic rings. The van der Waals surface area contributed by atoms with Crippen molar-refractivity contribution in [2.24, 2.45) is 0 Å². The lowest BCUT2D eigenvalue weighted by atomic mass is 10.00. The number of fused-ring (bicyclic) bond motifs is 1. The smallest absolute Gasteiger partial charge is 0.318 e. The zero-order valence-corrected chi connectivity index (χ0v) is 21.8. The van der Waals surface area contributed by atoms with E-state index in [1.54, 1.807) is 0 Å². The van der Waals surface area contributed by atoms with Gasteiger partial charge >= 0.3 is 6.03 Å². The van der Waals surface area contributed by atoms with Gasteiger partial charge < -0.3 is 20.3 Å². The third-order valence-corrected chi connectivity index (χ3v) is 6.88. The molecule has 0 unspecified atom stereocenters. The van der Waals surface area contributed by atoms with Crippen molar-refractivity contribution < 1.29 is 9.53 Å². The average Bonchev–Trinajstić information content (AvgIpc) is 2.93. The van der Waals surface area contributed by atoms with Crippen molar-refractivity contribution >= 4 is 16.8 Å². The van der Waals surface area contributed by atoms with Crippen LogP contribution in [0.15, 0.2) is 66.7 Å². The van der Waals surface area contributed by atoms with Gasteiger partial charge in [-0.15, -0.1) is 6.42 Å². The number of benzene rings is 3. The molecule has 1 heterocycles. The first-order valence-electron chi connectivity index (χ1n) is 13.2. The second-order valence-electron chi connectivity index (χ2n) is 9.59. The summed E-state index contributed by atoms with van der Waals surface area (Å²) in [6, 6.07) is 22.8. The molecule has 1 aliphatic heterocycles. The highest BCUT2D eigenvalue weighted by Gasteiger charge is 2.19. The van der Waals surface area contributed by atoms with E-state index in [4.69, 9.17) is 11.2 Å². The Morgan fingerprint density at radius 1 is 1.05 bits per heavy atom. The fourth-order valence-corrected chi connectivity index (χ4v) is 4.81. The van der Waals surface area contributed by atoms with E-state index in [1.807, 2.05) is 17.0 Å². The second kappa shape index (κ2) is 13.8. The van der Waals surface area contributed by atoms with Crippen LogP contribution in [0.3, 0.4) is 0 Å². The molecule has 1 saturated heterocycles. The molecule has 0 saturated carbocycles. The highest BCUT2D eigenvalue weighted by molar-refractivity contribution is 5.86. The van der Waals surface area contributed by atoms with E-state index < -0.39 is 0 Å². The van der Waals surface area contributed by atoms with Gasteiger partial charge in [-0.1, -0.05) is 72.7 Å². The first-order chi connectivity index (χ1) is 18.1. The van der Waals surface area contributed by atoms with E-state index in [1.165, 1.54) is 16.3 Å². The predicted molar refractivity (Wildman–Crippen MR) is 150 cm³/mol. The maximum atomic E-state index is 13.5. The normalized spacial score (nSPS) is 14.7. The third kappa shape index (κ3) is 7.80. The van der Waals surface area contributed by atoms with Gasteiger partial charge in [-0.3, -0.25) is 4.90 Å². The second-order valence-corrected chi connectivity index (χ2v) is 9.59. The first kappa shape index (κ1) is 26.7. The number of amides is 2. The summed E-state index contributed by atoms with van der Waals surface area (Å²) in [5.74, 6) is 2.60. The Morgan fingerprint density at radius 3 is 2.57 bits per heavy atom. The number of hydrogen-bond donors (Lipinski definition) is 2. The van der Waals surface area contributed by atoms with Crippen LogP contribution in [-0.2, 0) is 17.8 Å². The van der Waals surface area contributed by atoms with Gasteiger partial charge in [0.25, 0.3) is 0 Å². The topological polar surface area (TPSA) is 56.8 Å². The molecule has 0 aliphatic carbocycles. The first-order valence-corrected chi connectivity index (χ1v) is 13.2. The van der Waals surface area contributed by atoms with Crippen molar-refractivity contribution in [3.05, 3.63) is 83.4 Å². The van der Waals surface area contributed by atoms with Crippen molar-refractivity contribution in [1.29, 1.82) is 0 Å². The summed E-state index contributed by atoms with van der Waals surface area (Å²) in [6.07, 6.45) is 6.24. The third-order valence-electron chi connectivity index (χ3n) is 6.88. The van der Waals surface area contributed by atoms with Gasteiger partial charge in [-0.25, -0.2) is 4.79 Å². The summed E-state index contributed by atoms with van der Waals surface area (Å²) in [5, 5.41) is 8.83. The zero-order chi connectivity index (χ0) is 25.9. The molecule has 6 nitrogen and oxygen atoms in total. The Bertz CT molecular complexity index is 1180. The average molecular weight is 499 g/mol. The van der Waals surface area contributed by atoms with Gasteiger partial charge in [0, 0.05) is 39.3 Å². The highest BCUT2D eigenvalue weighted by atomic mass is 16.5. The van der Waals surface area contributed by atoms with Gasteiger partial charge in [-0.05, 0) is 40.8 Å². The number of nitrogens with zero attached hydrogens (tertiary/aromatic N) is 2. The predicted octanol–water partition coefficient (Wildman–Crippen LogP) is 4.56. The monoisotopic (exact) mass is 498 g/mol. The summed E-state index contributed by atoms with van der Waals surface area (Å²) in [6.45, 7) is 9.05. The number of morpholine rings is 1. The van der Waals surface area contributed by atoms with Crippen molar-refractivity contribution in [3.63, 3.8) is 0 Å². The number of rotatable bonds is 11. The molecule has 0 spiro atoms. The molecule has 0 bridgehead atoms. The van der Waals surface area contributed by atoms with E-state index >= 15 is 0 Å². The van der Waals surface area contributed by atoms with Crippen molar-refractivity contribution in [2.75, 3.05) is 45.9 Å². The lowest BCUT2D eigenvalue weighted by molar-refractivity contribution is 0.0364. The molecular weight excluding hydrogens is 460 g/mol. The van der Waals surface area contributed by atoms with Gasteiger partial charge in [0.15, 0.2) is 0 Å². The molecule has 4 rings (SSSR count). The molecule has 3 aromatic carbocycles. The molecule has 0 radical (unpaired) electrons. The van der Waals surface area contributed by atoms with E-state index in [0.717, 1.165) is 56.9 Å².